The number of nitrogens with zero attached hydrogens (tertiary/aromatic N) is 1. The highest BCUT2D eigenvalue weighted by Gasteiger charge is 2.15. The largest absolute Gasteiger partial charge is 0.310 e. The van der Waals surface area contributed by atoms with Crippen molar-refractivity contribution in [3.8, 4) is 0 Å². The quantitative estimate of drug-likeness (QED) is 0.140. The Morgan fingerprint density at radius 1 is 0.373 bits per heavy atom. The summed E-state index contributed by atoms with van der Waals surface area (Å²) in [4.78, 5) is 2.37. The van der Waals surface area contributed by atoms with Gasteiger partial charge >= 0.3 is 0 Å². The van der Waals surface area contributed by atoms with Crippen molar-refractivity contribution in [2.24, 2.45) is 0 Å². The molecular weight excluding hydrogens is 615 g/mol. The minimum absolute atomic E-state index is 1.11. The van der Waals surface area contributed by atoms with E-state index in [9.17, 15) is 0 Å². The van der Waals surface area contributed by atoms with Crippen LogP contribution in [0.3, 0.4) is 0 Å². The lowest BCUT2D eigenvalue weighted by molar-refractivity contribution is 1.24. The van der Waals surface area contributed by atoms with Crippen molar-refractivity contribution in [2.75, 3.05) is 4.90 Å². The fraction of sp³-hybridized carbons (Fsp3) is 0.0800. The summed E-state index contributed by atoms with van der Waals surface area (Å²) in [5.41, 5.74) is 18.0. The molecule has 0 N–H and O–H groups in total. The van der Waals surface area contributed by atoms with Gasteiger partial charge in [-0.15, -0.1) is 0 Å². The van der Waals surface area contributed by atoms with Crippen LogP contribution in [0.15, 0.2) is 176 Å². The molecular formula is C50H43N. The molecule has 0 aliphatic rings. The van der Waals surface area contributed by atoms with E-state index in [1.807, 2.05) is 0 Å². The third kappa shape index (κ3) is 7.85. The second-order valence-corrected chi connectivity index (χ2v) is 13.4. The van der Waals surface area contributed by atoms with Crippen LogP contribution in [0, 0.1) is 27.7 Å². The van der Waals surface area contributed by atoms with Crippen molar-refractivity contribution < 1.29 is 0 Å². The normalized spacial score (nSPS) is 11.8. The van der Waals surface area contributed by atoms with Crippen LogP contribution in [0.5, 0.6) is 0 Å². The van der Waals surface area contributed by atoms with Crippen LogP contribution in [0.2, 0.25) is 0 Å². The van der Waals surface area contributed by atoms with Crippen molar-refractivity contribution in [3.05, 3.63) is 232 Å². The number of rotatable bonds is 9. The summed E-state index contributed by atoms with van der Waals surface area (Å²) in [6.07, 6.45) is 4.59. The van der Waals surface area contributed by atoms with Gasteiger partial charge in [0.1, 0.15) is 0 Å². The fourth-order valence-corrected chi connectivity index (χ4v) is 6.62. The fourth-order valence-electron chi connectivity index (χ4n) is 6.62. The van der Waals surface area contributed by atoms with Gasteiger partial charge in [0.2, 0.25) is 0 Å². The summed E-state index contributed by atoms with van der Waals surface area (Å²) in [7, 11) is 0. The number of aryl methyl sites for hydroxylation is 4. The van der Waals surface area contributed by atoms with E-state index >= 15 is 0 Å². The molecule has 0 saturated heterocycles. The van der Waals surface area contributed by atoms with Gasteiger partial charge < -0.3 is 4.90 Å². The SMILES string of the molecule is Cc1ccc(C(=Cc2ccc(N(c3ccc(C=C(c4ccccc4)c4ccc(C)cc4)cc3)c3ccc(C)cc3C)cc2)c2ccccc2)cc1. The Morgan fingerprint density at radius 3 is 1.14 bits per heavy atom. The molecule has 7 aromatic rings. The first-order chi connectivity index (χ1) is 24.9. The van der Waals surface area contributed by atoms with Crippen molar-refractivity contribution in [1.82, 2.24) is 0 Å². The van der Waals surface area contributed by atoms with E-state index in [1.54, 1.807) is 0 Å². The zero-order valence-corrected chi connectivity index (χ0v) is 29.8. The summed E-state index contributed by atoms with van der Waals surface area (Å²) in [6.45, 7) is 8.62. The van der Waals surface area contributed by atoms with Crippen LogP contribution in [-0.4, -0.2) is 0 Å². The molecule has 1 nitrogen and oxygen atoms in total. The molecule has 7 rings (SSSR count). The second-order valence-electron chi connectivity index (χ2n) is 13.4. The third-order valence-corrected chi connectivity index (χ3v) is 9.41. The Kier molecular flexibility index (Phi) is 9.90. The molecule has 0 atom stereocenters. The van der Waals surface area contributed by atoms with Gasteiger partial charge in [-0.05, 0) is 120 Å². The van der Waals surface area contributed by atoms with E-state index in [-0.39, 0.29) is 0 Å². The summed E-state index contributed by atoms with van der Waals surface area (Å²) in [5, 5.41) is 0. The number of anilines is 3. The van der Waals surface area contributed by atoms with Gasteiger partial charge in [0.05, 0.1) is 0 Å². The van der Waals surface area contributed by atoms with Crippen LogP contribution < -0.4 is 4.90 Å². The van der Waals surface area contributed by atoms with Gasteiger partial charge in [0, 0.05) is 17.1 Å². The monoisotopic (exact) mass is 657 g/mol. The summed E-state index contributed by atoms with van der Waals surface area (Å²) in [5.74, 6) is 0. The lowest BCUT2D eigenvalue weighted by Gasteiger charge is -2.27. The van der Waals surface area contributed by atoms with E-state index in [4.69, 9.17) is 0 Å². The van der Waals surface area contributed by atoms with E-state index in [1.165, 1.54) is 61.3 Å². The van der Waals surface area contributed by atoms with Gasteiger partial charge in [0.25, 0.3) is 0 Å². The molecule has 1 heteroatoms. The van der Waals surface area contributed by atoms with Crippen molar-refractivity contribution >= 4 is 40.4 Å². The third-order valence-electron chi connectivity index (χ3n) is 9.41. The molecule has 0 aromatic heterocycles. The zero-order valence-electron chi connectivity index (χ0n) is 29.8. The Bertz CT molecular complexity index is 2130. The first-order valence-electron chi connectivity index (χ1n) is 17.7. The molecule has 0 unspecified atom stereocenters. The predicted molar refractivity (Wildman–Crippen MR) is 220 cm³/mol. The molecule has 0 saturated carbocycles. The standard InChI is InChI=1S/C50H43N/c1-36-15-24-44(25-16-36)48(42-11-7-5-8-12-42)34-40-20-28-46(29-21-40)51(50-32-19-38(3)33-39(50)4)47-30-22-41(23-31-47)35-49(43-13-9-6-10-14-43)45-26-17-37(2)18-27-45/h5-35H,1-4H3. The molecule has 0 aliphatic heterocycles. The van der Waals surface area contributed by atoms with Gasteiger partial charge in [-0.3, -0.25) is 0 Å². The van der Waals surface area contributed by atoms with Crippen LogP contribution in [-0.2, 0) is 0 Å². The topological polar surface area (TPSA) is 3.24 Å². The Hall–Kier alpha value is -6.18. The van der Waals surface area contributed by atoms with Crippen molar-refractivity contribution in [2.45, 2.75) is 27.7 Å². The minimum Gasteiger partial charge on any atom is -0.310 e. The van der Waals surface area contributed by atoms with Gasteiger partial charge in [-0.1, -0.05) is 162 Å². The number of hydrogen-bond donors (Lipinski definition) is 0. The molecule has 0 amide bonds. The lowest BCUT2D eigenvalue weighted by atomic mass is 9.95. The maximum Gasteiger partial charge on any atom is 0.0490 e. The van der Waals surface area contributed by atoms with E-state index in [2.05, 4.69) is 221 Å². The van der Waals surface area contributed by atoms with Crippen LogP contribution >= 0.6 is 0 Å². The lowest BCUT2D eigenvalue weighted by Crippen LogP contribution is -2.11. The minimum atomic E-state index is 1.11. The Morgan fingerprint density at radius 2 is 0.745 bits per heavy atom. The Balaban J connectivity index is 1.27. The highest BCUT2D eigenvalue weighted by Crippen LogP contribution is 2.38. The van der Waals surface area contributed by atoms with E-state index < -0.39 is 0 Å². The van der Waals surface area contributed by atoms with Crippen molar-refractivity contribution in [1.29, 1.82) is 0 Å². The average Bonchev–Trinajstić information content (AvgIpc) is 3.16. The predicted octanol–water partition coefficient (Wildman–Crippen LogP) is 13.6. The van der Waals surface area contributed by atoms with Gasteiger partial charge in [0.15, 0.2) is 0 Å². The molecule has 0 heterocycles. The molecule has 0 spiro atoms. The van der Waals surface area contributed by atoms with Crippen molar-refractivity contribution in [3.63, 3.8) is 0 Å². The van der Waals surface area contributed by atoms with E-state index in [0.29, 0.717) is 0 Å². The smallest absolute Gasteiger partial charge is 0.0490 e. The zero-order chi connectivity index (χ0) is 35.2. The molecule has 7 aromatic carbocycles. The molecule has 51 heavy (non-hydrogen) atoms. The molecule has 0 fully saturated rings. The van der Waals surface area contributed by atoms with Gasteiger partial charge in [-0.2, -0.15) is 0 Å². The summed E-state index contributed by atoms with van der Waals surface area (Å²) < 4.78 is 0. The summed E-state index contributed by atoms with van der Waals surface area (Å²) >= 11 is 0. The first kappa shape index (κ1) is 33.3. The van der Waals surface area contributed by atoms with Crippen LogP contribution in [0.4, 0.5) is 17.1 Å². The highest BCUT2D eigenvalue weighted by atomic mass is 15.1. The van der Waals surface area contributed by atoms with Crippen LogP contribution in [0.1, 0.15) is 55.6 Å². The summed E-state index contributed by atoms with van der Waals surface area (Å²) in [6, 6.07) is 63.5. The number of benzene rings is 7. The Labute approximate surface area is 303 Å². The molecule has 0 aliphatic carbocycles. The van der Waals surface area contributed by atoms with E-state index in [0.717, 1.165) is 22.5 Å². The second kappa shape index (κ2) is 15.2. The maximum absolute atomic E-state index is 2.37. The maximum atomic E-state index is 2.37. The average molecular weight is 658 g/mol. The highest BCUT2D eigenvalue weighted by molar-refractivity contribution is 5.93. The molecule has 0 radical (unpaired) electrons. The van der Waals surface area contributed by atoms with Crippen LogP contribution in [0.25, 0.3) is 23.3 Å². The first-order valence-corrected chi connectivity index (χ1v) is 17.7. The molecule has 0 bridgehead atoms. The number of hydrogen-bond acceptors (Lipinski definition) is 1. The van der Waals surface area contributed by atoms with Gasteiger partial charge in [-0.25, -0.2) is 0 Å². The molecule has 248 valence electrons.